The van der Waals surface area contributed by atoms with Gasteiger partial charge in [0.1, 0.15) is 0 Å². The van der Waals surface area contributed by atoms with Crippen molar-refractivity contribution in [3.8, 4) is 0 Å². The molecule has 0 bridgehead atoms. The normalized spacial score (nSPS) is 9.77. The van der Waals surface area contributed by atoms with Gasteiger partial charge in [-0.1, -0.05) is 18.2 Å². The van der Waals surface area contributed by atoms with Crippen molar-refractivity contribution in [1.29, 1.82) is 0 Å². The van der Waals surface area contributed by atoms with E-state index >= 15 is 0 Å². The van der Waals surface area contributed by atoms with Gasteiger partial charge in [-0.15, -0.1) is 0 Å². The number of hydrogen-bond acceptors (Lipinski definition) is 5. The Hall–Kier alpha value is -3.68. The molecule has 0 heterocycles. The van der Waals surface area contributed by atoms with Gasteiger partial charge in [0, 0.05) is 18.3 Å². The molecule has 3 N–H and O–H groups in total. The van der Waals surface area contributed by atoms with Gasteiger partial charge in [-0.25, -0.2) is 4.79 Å². The molecule has 2 aromatic rings. The Kier molecular flexibility index (Phi) is 6.05. The van der Waals surface area contributed by atoms with Crippen LogP contribution in [0.25, 0.3) is 0 Å². The van der Waals surface area contributed by atoms with Crippen molar-refractivity contribution in [3.63, 3.8) is 0 Å². The fourth-order valence-corrected chi connectivity index (χ4v) is 2.12. The number of hydrogen-bond donors (Lipinski definition) is 3. The minimum absolute atomic E-state index is 0.129. The van der Waals surface area contributed by atoms with E-state index in [1.165, 1.54) is 32.2 Å². The van der Waals surface area contributed by atoms with Gasteiger partial charge in [0.05, 0.1) is 18.4 Å². The van der Waals surface area contributed by atoms with Gasteiger partial charge in [-0.3, -0.25) is 14.4 Å². The lowest BCUT2D eigenvalue weighted by atomic mass is 10.2. The van der Waals surface area contributed by atoms with Gasteiger partial charge < -0.3 is 20.7 Å². The topological polar surface area (TPSA) is 114 Å². The molecule has 0 aliphatic heterocycles. The fraction of sp³-hybridized carbons (Fsp3) is 0.111. The first-order chi connectivity index (χ1) is 12.4. The van der Waals surface area contributed by atoms with Crippen LogP contribution in [0.5, 0.6) is 0 Å². The van der Waals surface area contributed by atoms with Crippen LogP contribution in [0.2, 0.25) is 0 Å². The van der Waals surface area contributed by atoms with Gasteiger partial charge in [0.25, 0.3) is 0 Å². The van der Waals surface area contributed by atoms with Crippen molar-refractivity contribution in [1.82, 2.24) is 0 Å². The van der Waals surface area contributed by atoms with Crippen molar-refractivity contribution >= 4 is 40.8 Å². The van der Waals surface area contributed by atoms with Crippen LogP contribution in [0.3, 0.4) is 0 Å². The summed E-state index contributed by atoms with van der Waals surface area (Å²) < 4.78 is 4.63. The second-order valence-corrected chi connectivity index (χ2v) is 5.21. The Morgan fingerprint density at radius 2 is 1.42 bits per heavy atom. The quantitative estimate of drug-likeness (QED) is 0.573. The molecule has 0 radical (unpaired) electrons. The summed E-state index contributed by atoms with van der Waals surface area (Å²) in [5.41, 5.74) is 1.10. The highest BCUT2D eigenvalue weighted by Gasteiger charge is 2.18. The number of benzene rings is 2. The summed E-state index contributed by atoms with van der Waals surface area (Å²) in [7, 11) is 1.22. The molecule has 3 amide bonds. The van der Waals surface area contributed by atoms with E-state index in [2.05, 4.69) is 20.7 Å². The minimum atomic E-state index is -0.953. The summed E-state index contributed by atoms with van der Waals surface area (Å²) in [6.45, 7) is 1.36. The van der Waals surface area contributed by atoms with Crippen molar-refractivity contribution in [3.05, 3.63) is 54.1 Å². The molecule has 0 aliphatic carbocycles. The number of rotatable bonds is 4. The smallest absolute Gasteiger partial charge is 0.339 e. The van der Waals surface area contributed by atoms with Crippen LogP contribution in [0.1, 0.15) is 17.3 Å². The second kappa shape index (κ2) is 8.43. The van der Waals surface area contributed by atoms with Crippen LogP contribution in [0.15, 0.2) is 48.5 Å². The van der Waals surface area contributed by atoms with Crippen molar-refractivity contribution in [2.75, 3.05) is 23.1 Å². The van der Waals surface area contributed by atoms with E-state index < -0.39 is 17.8 Å². The summed E-state index contributed by atoms with van der Waals surface area (Å²) in [6.07, 6.45) is 0. The summed E-state index contributed by atoms with van der Waals surface area (Å²) >= 11 is 0. The molecule has 0 atom stereocenters. The highest BCUT2D eigenvalue weighted by molar-refractivity contribution is 6.44. The molecule has 2 aromatic carbocycles. The zero-order chi connectivity index (χ0) is 19.1. The van der Waals surface area contributed by atoms with Crippen molar-refractivity contribution < 1.29 is 23.9 Å². The number of carbonyl (C=O) groups is 4. The molecule has 2 rings (SSSR count). The van der Waals surface area contributed by atoms with E-state index in [1.807, 2.05) is 0 Å². The van der Waals surface area contributed by atoms with Crippen LogP contribution in [-0.2, 0) is 19.1 Å². The molecule has 0 spiro atoms. The summed E-state index contributed by atoms with van der Waals surface area (Å²) in [4.78, 5) is 46.9. The highest BCUT2D eigenvalue weighted by Crippen LogP contribution is 2.17. The minimum Gasteiger partial charge on any atom is -0.465 e. The lowest BCUT2D eigenvalue weighted by Crippen LogP contribution is -2.29. The predicted octanol–water partition coefficient (Wildman–Crippen LogP) is 2.01. The Morgan fingerprint density at radius 1 is 0.808 bits per heavy atom. The monoisotopic (exact) mass is 355 g/mol. The van der Waals surface area contributed by atoms with Gasteiger partial charge in [-0.05, 0) is 30.3 Å². The van der Waals surface area contributed by atoms with Crippen LogP contribution in [-0.4, -0.2) is 30.8 Å². The molecular weight excluding hydrogens is 338 g/mol. The molecule has 8 nitrogen and oxygen atoms in total. The van der Waals surface area contributed by atoms with Crippen LogP contribution in [0, 0.1) is 0 Å². The standard InChI is InChI=1S/C18H17N3O5/c1-11(22)19-12-6-5-7-13(10-12)20-16(23)17(24)21-15-9-4-3-8-14(15)18(25)26-2/h3-10H,1-2H3,(H,19,22)(H,20,23)(H,21,24). The van der Waals surface area contributed by atoms with Crippen LogP contribution < -0.4 is 16.0 Å². The predicted molar refractivity (Wildman–Crippen MR) is 95.8 cm³/mol. The highest BCUT2D eigenvalue weighted by atomic mass is 16.5. The third-order valence-corrected chi connectivity index (χ3v) is 3.23. The van der Waals surface area contributed by atoms with E-state index in [9.17, 15) is 19.2 Å². The third kappa shape index (κ3) is 4.91. The number of anilines is 3. The van der Waals surface area contributed by atoms with E-state index in [4.69, 9.17) is 0 Å². The van der Waals surface area contributed by atoms with E-state index in [0.717, 1.165) is 0 Å². The number of esters is 1. The molecule has 26 heavy (non-hydrogen) atoms. The zero-order valence-electron chi connectivity index (χ0n) is 14.2. The maximum Gasteiger partial charge on any atom is 0.339 e. The molecule has 0 aromatic heterocycles. The van der Waals surface area contributed by atoms with E-state index in [-0.39, 0.29) is 17.2 Å². The fourth-order valence-electron chi connectivity index (χ4n) is 2.12. The van der Waals surface area contributed by atoms with Crippen molar-refractivity contribution in [2.24, 2.45) is 0 Å². The number of amides is 3. The van der Waals surface area contributed by atoms with Crippen molar-refractivity contribution in [2.45, 2.75) is 6.92 Å². The number of ether oxygens (including phenoxy) is 1. The first-order valence-corrected chi connectivity index (χ1v) is 7.58. The molecule has 134 valence electrons. The zero-order valence-corrected chi connectivity index (χ0v) is 14.2. The SMILES string of the molecule is COC(=O)c1ccccc1NC(=O)C(=O)Nc1cccc(NC(C)=O)c1. The van der Waals surface area contributed by atoms with Crippen LogP contribution in [0.4, 0.5) is 17.1 Å². The third-order valence-electron chi connectivity index (χ3n) is 3.23. The summed E-state index contributed by atoms with van der Waals surface area (Å²) in [5.74, 6) is -2.77. The Balaban J connectivity index is 2.08. The summed E-state index contributed by atoms with van der Waals surface area (Å²) in [6, 6.07) is 12.5. The van der Waals surface area contributed by atoms with Crippen LogP contribution >= 0.6 is 0 Å². The van der Waals surface area contributed by atoms with E-state index in [1.54, 1.807) is 30.3 Å². The van der Waals surface area contributed by atoms with E-state index in [0.29, 0.717) is 11.4 Å². The lowest BCUT2D eigenvalue weighted by Gasteiger charge is -2.10. The Bertz CT molecular complexity index is 863. The Labute approximate surface area is 149 Å². The largest absolute Gasteiger partial charge is 0.465 e. The number of methoxy groups -OCH3 is 1. The first-order valence-electron chi connectivity index (χ1n) is 7.58. The van der Waals surface area contributed by atoms with Gasteiger partial charge in [0.15, 0.2) is 0 Å². The number of para-hydroxylation sites is 1. The molecule has 0 fully saturated rings. The van der Waals surface area contributed by atoms with Gasteiger partial charge >= 0.3 is 17.8 Å². The Morgan fingerprint density at radius 3 is 2.08 bits per heavy atom. The van der Waals surface area contributed by atoms with Gasteiger partial charge in [0.2, 0.25) is 5.91 Å². The molecule has 0 saturated carbocycles. The maximum absolute atomic E-state index is 12.1. The number of carbonyl (C=O) groups excluding carboxylic acids is 4. The average Bonchev–Trinajstić information content (AvgIpc) is 2.61. The number of nitrogens with one attached hydrogen (secondary N) is 3. The maximum atomic E-state index is 12.1. The summed E-state index contributed by atoms with van der Waals surface area (Å²) in [5, 5.41) is 7.36. The average molecular weight is 355 g/mol. The molecule has 0 saturated heterocycles. The first kappa shape index (κ1) is 18.7. The molecule has 0 aliphatic rings. The van der Waals surface area contributed by atoms with Gasteiger partial charge in [-0.2, -0.15) is 0 Å². The molecule has 8 heteroatoms. The lowest BCUT2D eigenvalue weighted by molar-refractivity contribution is -0.133. The second-order valence-electron chi connectivity index (χ2n) is 5.21. The molecule has 0 unspecified atom stereocenters. The molecular formula is C18H17N3O5.